The van der Waals surface area contributed by atoms with Gasteiger partial charge < -0.3 is 0 Å². The zero-order valence-corrected chi connectivity index (χ0v) is 12.3. The zero-order chi connectivity index (χ0) is 14.2. The second-order valence-electron chi connectivity index (χ2n) is 3.80. The number of alkyl halides is 1. The van der Waals surface area contributed by atoms with Crippen LogP contribution in [0.4, 0.5) is 13.2 Å². The predicted molar refractivity (Wildman–Crippen MR) is 73.5 cm³/mol. The van der Waals surface area contributed by atoms with Crippen molar-refractivity contribution in [3.63, 3.8) is 0 Å². The first kappa shape index (κ1) is 14.7. The Hall–Kier alpha value is -0.710. The lowest BCUT2D eigenvalue weighted by Gasteiger charge is -2.13. The maximum absolute atomic E-state index is 13.7. The van der Waals surface area contributed by atoms with E-state index >= 15 is 0 Å². The molecule has 0 radical (unpaired) electrons. The molecule has 100 valence electrons. The monoisotopic (exact) mass is 368 g/mol. The molecule has 2 aromatic rings. The molecule has 0 N–H and O–H groups in total. The first-order valence-electron chi connectivity index (χ1n) is 5.14. The number of halogens is 6. The Balaban J connectivity index is 2.47. The lowest BCUT2D eigenvalue weighted by molar-refractivity contribution is 0.442. The molecule has 2 rings (SSSR count). The Bertz CT molecular complexity index is 632. The lowest BCUT2D eigenvalue weighted by atomic mass is 10.0. The van der Waals surface area contributed by atoms with Crippen molar-refractivity contribution >= 4 is 39.1 Å². The molecule has 6 heteroatoms. The molecule has 0 saturated heterocycles. The molecule has 0 fully saturated rings. The fraction of sp³-hybridized carbons (Fsp3) is 0.0769. The minimum atomic E-state index is -1.50. The summed E-state index contributed by atoms with van der Waals surface area (Å²) in [5.74, 6) is -3.95. The van der Waals surface area contributed by atoms with Gasteiger partial charge in [0.2, 0.25) is 0 Å². The average Bonchev–Trinajstić information content (AvgIpc) is 2.39. The summed E-state index contributed by atoms with van der Waals surface area (Å²) in [6.07, 6.45) is 0. The van der Waals surface area contributed by atoms with Crippen LogP contribution >= 0.6 is 39.1 Å². The molecule has 1 atom stereocenters. The maximum Gasteiger partial charge on any atom is 0.194 e. The van der Waals surface area contributed by atoms with Crippen molar-refractivity contribution in [1.29, 1.82) is 0 Å². The molecule has 0 spiro atoms. The Morgan fingerprint density at radius 2 is 1.58 bits per heavy atom. The minimum Gasteiger partial charge on any atom is -0.204 e. The Labute approximate surface area is 126 Å². The molecule has 0 aliphatic heterocycles. The van der Waals surface area contributed by atoms with Gasteiger partial charge in [-0.3, -0.25) is 0 Å². The molecule has 0 aliphatic carbocycles. The molecule has 19 heavy (non-hydrogen) atoms. The molecule has 0 amide bonds. The van der Waals surface area contributed by atoms with Gasteiger partial charge in [-0.2, -0.15) is 0 Å². The van der Waals surface area contributed by atoms with Crippen molar-refractivity contribution in [1.82, 2.24) is 0 Å². The van der Waals surface area contributed by atoms with Gasteiger partial charge in [-0.05, 0) is 23.8 Å². The fourth-order valence-electron chi connectivity index (χ4n) is 1.59. The van der Waals surface area contributed by atoms with Crippen molar-refractivity contribution in [2.45, 2.75) is 4.83 Å². The van der Waals surface area contributed by atoms with E-state index in [0.29, 0.717) is 15.6 Å². The van der Waals surface area contributed by atoms with Crippen molar-refractivity contribution in [3.8, 4) is 0 Å². The van der Waals surface area contributed by atoms with Crippen LogP contribution in [0.2, 0.25) is 10.0 Å². The zero-order valence-electron chi connectivity index (χ0n) is 9.23. The van der Waals surface area contributed by atoms with E-state index in [-0.39, 0.29) is 5.56 Å². The van der Waals surface area contributed by atoms with Crippen LogP contribution in [-0.4, -0.2) is 0 Å². The predicted octanol–water partition coefficient (Wildman–Crippen LogP) is 5.90. The molecule has 0 aliphatic rings. The van der Waals surface area contributed by atoms with Crippen molar-refractivity contribution < 1.29 is 13.2 Å². The van der Waals surface area contributed by atoms with E-state index in [1.54, 1.807) is 12.1 Å². The van der Waals surface area contributed by atoms with Crippen molar-refractivity contribution in [2.75, 3.05) is 0 Å². The van der Waals surface area contributed by atoms with E-state index in [0.717, 1.165) is 6.07 Å². The topological polar surface area (TPSA) is 0 Å². The molecule has 2 aromatic carbocycles. The standard InChI is InChI=1S/C13H6BrCl2F3/c14-11(6-1-3-8(15)9(16)5-6)7-2-4-10(17)13(19)12(7)18/h1-5,11H. The molecule has 0 heterocycles. The summed E-state index contributed by atoms with van der Waals surface area (Å²) in [4.78, 5) is -0.655. The van der Waals surface area contributed by atoms with Crippen molar-refractivity contribution in [3.05, 3.63) is 69.0 Å². The van der Waals surface area contributed by atoms with Gasteiger partial charge in [-0.15, -0.1) is 0 Å². The Morgan fingerprint density at radius 3 is 2.21 bits per heavy atom. The summed E-state index contributed by atoms with van der Waals surface area (Å²) >= 11 is 14.9. The van der Waals surface area contributed by atoms with Crippen LogP contribution in [0.25, 0.3) is 0 Å². The Morgan fingerprint density at radius 1 is 0.895 bits per heavy atom. The van der Waals surface area contributed by atoms with Gasteiger partial charge in [0, 0.05) is 5.56 Å². The van der Waals surface area contributed by atoms with Crippen LogP contribution in [0.5, 0.6) is 0 Å². The van der Waals surface area contributed by atoms with E-state index in [1.807, 2.05) is 0 Å². The molecular weight excluding hydrogens is 364 g/mol. The highest BCUT2D eigenvalue weighted by Gasteiger charge is 2.20. The molecule has 0 nitrogen and oxygen atoms in total. The van der Waals surface area contributed by atoms with Crippen LogP contribution < -0.4 is 0 Å². The van der Waals surface area contributed by atoms with E-state index < -0.39 is 22.3 Å². The fourth-order valence-corrected chi connectivity index (χ4v) is 2.53. The summed E-state index contributed by atoms with van der Waals surface area (Å²) < 4.78 is 39.7. The highest BCUT2D eigenvalue weighted by molar-refractivity contribution is 9.09. The van der Waals surface area contributed by atoms with Crippen molar-refractivity contribution in [2.24, 2.45) is 0 Å². The molecule has 0 bridgehead atoms. The van der Waals surface area contributed by atoms with Gasteiger partial charge in [0.05, 0.1) is 14.9 Å². The van der Waals surface area contributed by atoms with Gasteiger partial charge >= 0.3 is 0 Å². The van der Waals surface area contributed by atoms with Gasteiger partial charge in [0.15, 0.2) is 17.5 Å². The number of rotatable bonds is 2. The smallest absolute Gasteiger partial charge is 0.194 e. The van der Waals surface area contributed by atoms with E-state index in [2.05, 4.69) is 15.9 Å². The van der Waals surface area contributed by atoms with Gasteiger partial charge in [-0.1, -0.05) is 51.3 Å². The highest BCUT2D eigenvalue weighted by atomic mass is 79.9. The minimum absolute atomic E-state index is 0.0164. The third kappa shape index (κ3) is 2.91. The number of hydrogen-bond donors (Lipinski definition) is 0. The molecular formula is C13H6BrCl2F3. The molecule has 1 unspecified atom stereocenters. The van der Waals surface area contributed by atoms with Crippen LogP contribution in [0.15, 0.2) is 30.3 Å². The lowest BCUT2D eigenvalue weighted by Crippen LogP contribution is -2.01. The second kappa shape index (κ2) is 5.73. The van der Waals surface area contributed by atoms with Crippen LogP contribution in [0, 0.1) is 17.5 Å². The molecule has 0 saturated carbocycles. The summed E-state index contributed by atoms with van der Waals surface area (Å²) in [6, 6.07) is 6.75. The quantitative estimate of drug-likeness (QED) is 0.457. The number of benzene rings is 2. The second-order valence-corrected chi connectivity index (χ2v) is 5.53. The first-order chi connectivity index (χ1) is 8.91. The van der Waals surface area contributed by atoms with Crippen LogP contribution in [0.3, 0.4) is 0 Å². The third-order valence-electron chi connectivity index (χ3n) is 2.57. The normalized spacial score (nSPS) is 12.5. The van der Waals surface area contributed by atoms with Crippen LogP contribution in [-0.2, 0) is 0 Å². The number of hydrogen-bond acceptors (Lipinski definition) is 0. The van der Waals surface area contributed by atoms with E-state index in [9.17, 15) is 13.2 Å². The van der Waals surface area contributed by atoms with Crippen LogP contribution in [0.1, 0.15) is 16.0 Å². The maximum atomic E-state index is 13.7. The molecule has 0 aromatic heterocycles. The van der Waals surface area contributed by atoms with Gasteiger partial charge in [0.1, 0.15) is 0 Å². The summed E-state index contributed by atoms with van der Waals surface area (Å²) in [7, 11) is 0. The highest BCUT2D eigenvalue weighted by Crippen LogP contribution is 2.36. The Kier molecular flexibility index (Phi) is 4.43. The summed E-state index contributed by atoms with van der Waals surface area (Å²) in [5, 5.41) is 0.655. The van der Waals surface area contributed by atoms with Gasteiger partial charge in [0.25, 0.3) is 0 Å². The first-order valence-corrected chi connectivity index (χ1v) is 6.81. The van der Waals surface area contributed by atoms with E-state index in [4.69, 9.17) is 23.2 Å². The largest absolute Gasteiger partial charge is 0.204 e. The van der Waals surface area contributed by atoms with E-state index in [1.165, 1.54) is 12.1 Å². The summed E-state index contributed by atoms with van der Waals surface area (Å²) in [6.45, 7) is 0. The van der Waals surface area contributed by atoms with Gasteiger partial charge in [-0.25, -0.2) is 13.2 Å². The third-order valence-corrected chi connectivity index (χ3v) is 4.34. The summed E-state index contributed by atoms with van der Waals surface area (Å²) in [5.41, 5.74) is 0.566. The SMILES string of the molecule is Fc1ccc(C(Br)c2ccc(Cl)c(Cl)c2)c(F)c1F. The average molecular weight is 370 g/mol.